The number of benzene rings is 2. The molecule has 21 heavy (non-hydrogen) atoms. The molecule has 0 bridgehead atoms. The molecule has 3 aromatic rings. The predicted molar refractivity (Wildman–Crippen MR) is 86.6 cm³/mol. The maximum absolute atomic E-state index is 5.87. The average Bonchev–Trinajstić information content (AvgIpc) is 3.16. The molecular formula is C17H16N2OS. The molecule has 4 rings (SSSR count). The van der Waals surface area contributed by atoms with Crippen molar-refractivity contribution in [2.24, 2.45) is 5.84 Å². The third-order valence-electron chi connectivity index (χ3n) is 4.03. The van der Waals surface area contributed by atoms with Crippen LogP contribution in [0.1, 0.15) is 22.7 Å². The van der Waals surface area contributed by atoms with Gasteiger partial charge >= 0.3 is 0 Å². The normalized spacial score (nSPS) is 14.9. The lowest BCUT2D eigenvalue weighted by Crippen LogP contribution is -2.28. The Balaban J connectivity index is 1.83. The number of ether oxygens (including phenoxy) is 1. The fraction of sp³-hybridized carbons (Fsp3) is 0.176. The monoisotopic (exact) mass is 296 g/mol. The van der Waals surface area contributed by atoms with Gasteiger partial charge in [-0.3, -0.25) is 5.84 Å². The first-order valence-corrected chi connectivity index (χ1v) is 7.92. The van der Waals surface area contributed by atoms with Crippen LogP contribution in [0.5, 0.6) is 5.75 Å². The number of fused-ring (bicyclic) bond motifs is 2. The van der Waals surface area contributed by atoms with Crippen molar-refractivity contribution in [3.8, 4) is 5.75 Å². The van der Waals surface area contributed by atoms with Gasteiger partial charge in [-0.2, -0.15) is 0 Å². The SMILES string of the molecule is NNC(c1ccc2c(c1)CCO2)c1cccc2ccsc12. The molecular weight excluding hydrogens is 280 g/mol. The minimum Gasteiger partial charge on any atom is -0.493 e. The molecule has 1 unspecified atom stereocenters. The van der Waals surface area contributed by atoms with Crippen LogP contribution in [-0.2, 0) is 6.42 Å². The Bertz CT molecular complexity index is 796. The molecule has 0 saturated heterocycles. The van der Waals surface area contributed by atoms with E-state index in [1.54, 1.807) is 11.3 Å². The van der Waals surface area contributed by atoms with E-state index in [9.17, 15) is 0 Å². The van der Waals surface area contributed by atoms with E-state index >= 15 is 0 Å². The van der Waals surface area contributed by atoms with E-state index in [0.29, 0.717) is 0 Å². The Kier molecular flexibility index (Phi) is 3.15. The zero-order valence-corrected chi connectivity index (χ0v) is 12.3. The number of nitrogens with two attached hydrogens (primary N) is 1. The quantitative estimate of drug-likeness (QED) is 0.575. The highest BCUT2D eigenvalue weighted by Crippen LogP contribution is 2.34. The van der Waals surface area contributed by atoms with Crippen molar-refractivity contribution in [1.82, 2.24) is 5.43 Å². The third kappa shape index (κ3) is 2.12. The molecule has 2 aromatic carbocycles. The van der Waals surface area contributed by atoms with Crippen LogP contribution in [0.4, 0.5) is 0 Å². The summed E-state index contributed by atoms with van der Waals surface area (Å²) in [5.41, 5.74) is 6.65. The summed E-state index contributed by atoms with van der Waals surface area (Å²) in [6.07, 6.45) is 0.976. The summed E-state index contributed by atoms with van der Waals surface area (Å²) >= 11 is 1.76. The lowest BCUT2D eigenvalue weighted by molar-refractivity contribution is 0.357. The van der Waals surface area contributed by atoms with Crippen molar-refractivity contribution in [3.63, 3.8) is 0 Å². The minimum atomic E-state index is -0.00162. The van der Waals surface area contributed by atoms with Crippen LogP contribution in [-0.4, -0.2) is 6.61 Å². The number of thiophene rings is 1. The number of nitrogens with one attached hydrogen (secondary N) is 1. The minimum absolute atomic E-state index is 0.00162. The van der Waals surface area contributed by atoms with E-state index in [1.165, 1.54) is 26.8 Å². The fourth-order valence-corrected chi connectivity index (χ4v) is 3.94. The van der Waals surface area contributed by atoms with E-state index in [-0.39, 0.29) is 6.04 Å². The second-order valence-electron chi connectivity index (χ2n) is 5.25. The summed E-state index contributed by atoms with van der Waals surface area (Å²) in [5.74, 6) is 6.87. The Morgan fingerprint density at radius 2 is 2.14 bits per heavy atom. The topological polar surface area (TPSA) is 47.3 Å². The lowest BCUT2D eigenvalue weighted by atomic mass is 9.96. The van der Waals surface area contributed by atoms with E-state index in [2.05, 4.69) is 53.3 Å². The van der Waals surface area contributed by atoms with Gasteiger partial charge in [-0.05, 0) is 39.6 Å². The average molecular weight is 296 g/mol. The van der Waals surface area contributed by atoms with E-state index in [1.807, 2.05) is 0 Å². The van der Waals surface area contributed by atoms with E-state index < -0.39 is 0 Å². The van der Waals surface area contributed by atoms with Crippen LogP contribution in [0.2, 0.25) is 0 Å². The largest absolute Gasteiger partial charge is 0.493 e. The molecule has 2 heterocycles. The second-order valence-corrected chi connectivity index (χ2v) is 6.17. The summed E-state index contributed by atoms with van der Waals surface area (Å²) < 4.78 is 6.87. The lowest BCUT2D eigenvalue weighted by Gasteiger charge is -2.18. The van der Waals surface area contributed by atoms with Crippen LogP contribution in [0.25, 0.3) is 10.1 Å². The molecule has 3 N–H and O–H groups in total. The zero-order chi connectivity index (χ0) is 14.2. The molecule has 0 saturated carbocycles. The van der Waals surface area contributed by atoms with Crippen molar-refractivity contribution >= 4 is 21.4 Å². The Morgan fingerprint density at radius 1 is 1.19 bits per heavy atom. The number of hydrogen-bond donors (Lipinski definition) is 2. The zero-order valence-electron chi connectivity index (χ0n) is 11.5. The van der Waals surface area contributed by atoms with E-state index in [0.717, 1.165) is 18.8 Å². The van der Waals surface area contributed by atoms with Crippen molar-refractivity contribution in [3.05, 3.63) is 64.5 Å². The summed E-state index contributed by atoms with van der Waals surface area (Å²) in [6, 6.07) is 14.9. The first-order chi connectivity index (χ1) is 10.4. The van der Waals surface area contributed by atoms with Crippen LogP contribution in [0.15, 0.2) is 47.8 Å². The third-order valence-corrected chi connectivity index (χ3v) is 5.01. The molecule has 0 spiro atoms. The number of hydrogen-bond acceptors (Lipinski definition) is 4. The smallest absolute Gasteiger partial charge is 0.122 e. The van der Waals surface area contributed by atoms with Gasteiger partial charge in [0.25, 0.3) is 0 Å². The molecule has 3 nitrogen and oxygen atoms in total. The van der Waals surface area contributed by atoms with Crippen molar-refractivity contribution in [2.45, 2.75) is 12.5 Å². The highest BCUT2D eigenvalue weighted by molar-refractivity contribution is 7.17. The molecule has 1 atom stereocenters. The fourth-order valence-electron chi connectivity index (χ4n) is 3.00. The summed E-state index contributed by atoms with van der Waals surface area (Å²) in [7, 11) is 0. The number of rotatable bonds is 3. The Morgan fingerprint density at radius 3 is 3.05 bits per heavy atom. The maximum Gasteiger partial charge on any atom is 0.122 e. The van der Waals surface area contributed by atoms with Crippen molar-refractivity contribution < 1.29 is 4.74 Å². The van der Waals surface area contributed by atoms with Gasteiger partial charge in [-0.15, -0.1) is 11.3 Å². The van der Waals surface area contributed by atoms with Crippen molar-refractivity contribution in [2.75, 3.05) is 6.61 Å². The van der Waals surface area contributed by atoms with Gasteiger partial charge in [0.05, 0.1) is 12.6 Å². The molecule has 1 aliphatic rings. The van der Waals surface area contributed by atoms with Gasteiger partial charge in [0.15, 0.2) is 0 Å². The molecule has 1 aliphatic heterocycles. The van der Waals surface area contributed by atoms with Crippen LogP contribution in [0, 0.1) is 0 Å². The molecule has 1 aromatic heterocycles. The van der Waals surface area contributed by atoms with Gasteiger partial charge in [-0.1, -0.05) is 30.3 Å². The first-order valence-electron chi connectivity index (χ1n) is 7.04. The second kappa shape index (κ2) is 5.15. The highest BCUT2D eigenvalue weighted by Gasteiger charge is 2.19. The van der Waals surface area contributed by atoms with Crippen LogP contribution >= 0.6 is 11.3 Å². The highest BCUT2D eigenvalue weighted by atomic mass is 32.1. The molecule has 0 amide bonds. The maximum atomic E-state index is 5.87. The molecule has 106 valence electrons. The first kappa shape index (κ1) is 12.8. The van der Waals surface area contributed by atoms with Crippen molar-refractivity contribution in [1.29, 1.82) is 0 Å². The predicted octanol–water partition coefficient (Wildman–Crippen LogP) is 3.39. The van der Waals surface area contributed by atoms with Gasteiger partial charge in [-0.25, -0.2) is 5.43 Å². The Labute approximate surface area is 127 Å². The van der Waals surface area contributed by atoms with E-state index in [4.69, 9.17) is 10.6 Å². The summed E-state index contributed by atoms with van der Waals surface area (Å²) in [5, 5.41) is 3.39. The molecule has 0 aliphatic carbocycles. The van der Waals surface area contributed by atoms with Gasteiger partial charge in [0.1, 0.15) is 5.75 Å². The van der Waals surface area contributed by atoms with Gasteiger partial charge in [0, 0.05) is 11.1 Å². The Hall–Kier alpha value is -1.88. The summed E-state index contributed by atoms with van der Waals surface area (Å²) in [6.45, 7) is 0.778. The standard InChI is InChI=1S/C17H16N2OS/c18-19-16(13-4-5-15-12(10-13)6-8-20-15)14-3-1-2-11-7-9-21-17(11)14/h1-5,7,9-10,16,19H,6,8,18H2. The summed E-state index contributed by atoms with van der Waals surface area (Å²) in [4.78, 5) is 0. The van der Waals surface area contributed by atoms with Gasteiger partial charge < -0.3 is 4.74 Å². The molecule has 0 radical (unpaired) electrons. The van der Waals surface area contributed by atoms with Crippen LogP contribution < -0.4 is 16.0 Å². The van der Waals surface area contributed by atoms with Crippen LogP contribution in [0.3, 0.4) is 0 Å². The molecule has 0 fully saturated rings. The van der Waals surface area contributed by atoms with Gasteiger partial charge in [0.2, 0.25) is 0 Å². The number of hydrazine groups is 1. The molecule has 4 heteroatoms.